The molecular formula is C7H18N2O. The van der Waals surface area contributed by atoms with E-state index < -0.39 is 0 Å². The van der Waals surface area contributed by atoms with Gasteiger partial charge in [0.1, 0.15) is 0 Å². The van der Waals surface area contributed by atoms with Gasteiger partial charge in [0.15, 0.2) is 0 Å². The molecule has 0 rings (SSSR count). The van der Waals surface area contributed by atoms with Crippen LogP contribution in [0.2, 0.25) is 0 Å². The minimum Gasteiger partial charge on any atom is -0.395 e. The summed E-state index contributed by atoms with van der Waals surface area (Å²) in [5, 5.41) is 8.65. The molecule has 2 atom stereocenters. The second kappa shape index (κ2) is 5.65. The van der Waals surface area contributed by atoms with Gasteiger partial charge >= 0.3 is 0 Å². The van der Waals surface area contributed by atoms with E-state index in [2.05, 4.69) is 0 Å². The minimum absolute atomic E-state index is 0.0751. The lowest BCUT2D eigenvalue weighted by molar-refractivity contribution is 0.227. The SMILES string of the molecule is CC(CCCN)C(N)CO. The van der Waals surface area contributed by atoms with E-state index in [1.54, 1.807) is 0 Å². The van der Waals surface area contributed by atoms with Crippen LogP contribution < -0.4 is 11.5 Å². The van der Waals surface area contributed by atoms with Crippen LogP contribution in [0.3, 0.4) is 0 Å². The molecule has 62 valence electrons. The van der Waals surface area contributed by atoms with Crippen molar-refractivity contribution in [3.63, 3.8) is 0 Å². The van der Waals surface area contributed by atoms with Gasteiger partial charge in [0, 0.05) is 6.04 Å². The maximum Gasteiger partial charge on any atom is 0.0585 e. The lowest BCUT2D eigenvalue weighted by Gasteiger charge is -2.16. The van der Waals surface area contributed by atoms with Crippen molar-refractivity contribution in [2.45, 2.75) is 25.8 Å². The second-order valence-electron chi connectivity index (χ2n) is 2.75. The highest BCUT2D eigenvalue weighted by Gasteiger charge is 2.09. The average molecular weight is 146 g/mol. The van der Waals surface area contributed by atoms with Crippen LogP contribution >= 0.6 is 0 Å². The van der Waals surface area contributed by atoms with Gasteiger partial charge in [-0.15, -0.1) is 0 Å². The molecule has 0 aliphatic carbocycles. The van der Waals surface area contributed by atoms with E-state index in [-0.39, 0.29) is 12.6 Å². The van der Waals surface area contributed by atoms with Crippen molar-refractivity contribution in [1.29, 1.82) is 0 Å². The Morgan fingerprint density at radius 2 is 2.10 bits per heavy atom. The van der Waals surface area contributed by atoms with Gasteiger partial charge in [0.2, 0.25) is 0 Å². The van der Waals surface area contributed by atoms with E-state index in [0.29, 0.717) is 12.5 Å². The number of aliphatic hydroxyl groups excluding tert-OH is 1. The van der Waals surface area contributed by atoms with E-state index in [9.17, 15) is 0 Å². The molecule has 0 heterocycles. The number of aliphatic hydroxyl groups is 1. The molecule has 0 spiro atoms. The summed E-state index contributed by atoms with van der Waals surface area (Å²) in [5.74, 6) is 0.383. The predicted molar refractivity (Wildman–Crippen MR) is 42.5 cm³/mol. The summed E-state index contributed by atoms with van der Waals surface area (Å²) in [6, 6.07) is -0.0773. The second-order valence-corrected chi connectivity index (χ2v) is 2.75. The lowest BCUT2D eigenvalue weighted by atomic mass is 9.98. The van der Waals surface area contributed by atoms with E-state index in [1.165, 1.54) is 0 Å². The fourth-order valence-corrected chi connectivity index (χ4v) is 0.834. The highest BCUT2D eigenvalue weighted by atomic mass is 16.3. The maximum atomic E-state index is 8.65. The Morgan fingerprint density at radius 1 is 1.50 bits per heavy atom. The van der Waals surface area contributed by atoms with Crippen LogP contribution in [0, 0.1) is 5.92 Å². The smallest absolute Gasteiger partial charge is 0.0585 e. The molecular weight excluding hydrogens is 128 g/mol. The van der Waals surface area contributed by atoms with E-state index in [4.69, 9.17) is 16.6 Å². The van der Waals surface area contributed by atoms with E-state index in [1.807, 2.05) is 6.92 Å². The first kappa shape index (κ1) is 9.88. The van der Waals surface area contributed by atoms with Crippen molar-refractivity contribution < 1.29 is 5.11 Å². The Bertz CT molecular complexity index is 78.0. The third kappa shape index (κ3) is 3.82. The molecule has 0 aromatic rings. The summed E-state index contributed by atoms with van der Waals surface area (Å²) in [4.78, 5) is 0. The van der Waals surface area contributed by atoms with Crippen LogP contribution in [-0.2, 0) is 0 Å². The van der Waals surface area contributed by atoms with Gasteiger partial charge in [-0.1, -0.05) is 6.92 Å². The molecule has 3 heteroatoms. The van der Waals surface area contributed by atoms with Gasteiger partial charge < -0.3 is 16.6 Å². The molecule has 10 heavy (non-hydrogen) atoms. The van der Waals surface area contributed by atoms with Crippen LogP contribution in [-0.4, -0.2) is 24.3 Å². The third-order valence-electron chi connectivity index (χ3n) is 1.81. The van der Waals surface area contributed by atoms with Crippen LogP contribution in [0.15, 0.2) is 0 Å². The first-order valence-electron chi connectivity index (χ1n) is 3.78. The molecule has 2 unspecified atom stereocenters. The number of hydrogen-bond acceptors (Lipinski definition) is 3. The first-order valence-corrected chi connectivity index (χ1v) is 3.78. The Morgan fingerprint density at radius 3 is 2.50 bits per heavy atom. The predicted octanol–water partition coefficient (Wildman–Crippen LogP) is -0.319. The molecule has 0 fully saturated rings. The summed E-state index contributed by atoms with van der Waals surface area (Å²) < 4.78 is 0. The molecule has 0 aromatic heterocycles. The minimum atomic E-state index is -0.0773. The summed E-state index contributed by atoms with van der Waals surface area (Å²) in [7, 11) is 0. The lowest BCUT2D eigenvalue weighted by Crippen LogP contribution is -2.32. The number of hydrogen-bond donors (Lipinski definition) is 3. The van der Waals surface area contributed by atoms with Crippen molar-refractivity contribution in [2.75, 3.05) is 13.2 Å². The van der Waals surface area contributed by atoms with Crippen molar-refractivity contribution in [3.8, 4) is 0 Å². The van der Waals surface area contributed by atoms with Crippen molar-refractivity contribution in [1.82, 2.24) is 0 Å². The van der Waals surface area contributed by atoms with Gasteiger partial charge in [-0.3, -0.25) is 0 Å². The van der Waals surface area contributed by atoms with Gasteiger partial charge in [0.25, 0.3) is 0 Å². The molecule has 0 amide bonds. The largest absolute Gasteiger partial charge is 0.395 e. The number of rotatable bonds is 5. The Balaban J connectivity index is 3.31. The van der Waals surface area contributed by atoms with E-state index in [0.717, 1.165) is 12.8 Å². The molecule has 0 saturated heterocycles. The summed E-state index contributed by atoms with van der Waals surface area (Å²) in [6.07, 6.45) is 2.01. The first-order chi connectivity index (χ1) is 4.72. The quantitative estimate of drug-likeness (QED) is 0.498. The molecule has 0 aliphatic rings. The zero-order chi connectivity index (χ0) is 7.98. The van der Waals surface area contributed by atoms with Crippen LogP contribution in [0.4, 0.5) is 0 Å². The Labute approximate surface area is 62.4 Å². The fraction of sp³-hybridized carbons (Fsp3) is 1.00. The Kier molecular flexibility index (Phi) is 5.58. The van der Waals surface area contributed by atoms with Crippen molar-refractivity contribution in [2.24, 2.45) is 17.4 Å². The molecule has 0 saturated carbocycles. The highest BCUT2D eigenvalue weighted by Crippen LogP contribution is 2.07. The van der Waals surface area contributed by atoms with Gasteiger partial charge in [-0.05, 0) is 25.3 Å². The molecule has 0 radical (unpaired) electrons. The van der Waals surface area contributed by atoms with E-state index >= 15 is 0 Å². The van der Waals surface area contributed by atoms with Gasteiger partial charge in [-0.25, -0.2) is 0 Å². The highest BCUT2D eigenvalue weighted by molar-refractivity contribution is 4.67. The molecule has 0 aromatic carbocycles. The van der Waals surface area contributed by atoms with Gasteiger partial charge in [0.05, 0.1) is 6.61 Å². The topological polar surface area (TPSA) is 72.3 Å². The molecule has 0 aliphatic heterocycles. The Hall–Kier alpha value is -0.120. The zero-order valence-electron chi connectivity index (χ0n) is 6.59. The van der Waals surface area contributed by atoms with Gasteiger partial charge in [-0.2, -0.15) is 0 Å². The zero-order valence-corrected chi connectivity index (χ0v) is 6.59. The third-order valence-corrected chi connectivity index (χ3v) is 1.81. The van der Waals surface area contributed by atoms with Crippen LogP contribution in [0.1, 0.15) is 19.8 Å². The molecule has 3 nitrogen and oxygen atoms in total. The maximum absolute atomic E-state index is 8.65. The average Bonchev–Trinajstić information content (AvgIpc) is 1.98. The molecule has 5 N–H and O–H groups in total. The van der Waals surface area contributed by atoms with Crippen molar-refractivity contribution >= 4 is 0 Å². The fourth-order valence-electron chi connectivity index (χ4n) is 0.834. The molecule has 0 bridgehead atoms. The van der Waals surface area contributed by atoms with Crippen LogP contribution in [0.25, 0.3) is 0 Å². The summed E-state index contributed by atoms with van der Waals surface area (Å²) >= 11 is 0. The number of nitrogens with two attached hydrogens (primary N) is 2. The van der Waals surface area contributed by atoms with Crippen molar-refractivity contribution in [3.05, 3.63) is 0 Å². The standard InChI is InChI=1S/C7H18N2O/c1-6(3-2-4-8)7(9)5-10/h6-7,10H,2-5,8-9H2,1H3. The normalized spacial score (nSPS) is 16.8. The summed E-state index contributed by atoms with van der Waals surface area (Å²) in [6.45, 7) is 2.82. The monoisotopic (exact) mass is 146 g/mol. The van der Waals surface area contributed by atoms with Crippen LogP contribution in [0.5, 0.6) is 0 Å². The summed E-state index contributed by atoms with van der Waals surface area (Å²) in [5.41, 5.74) is 10.9.